The number of rotatable bonds is 2. The van der Waals surface area contributed by atoms with Gasteiger partial charge in [0, 0.05) is 0 Å². The minimum Gasteiger partial charge on any atom is -0.474 e. The fraction of sp³-hybridized carbons (Fsp3) is 0.333. The molecule has 0 fully saturated rings. The average molecular weight is 194 g/mol. The van der Waals surface area contributed by atoms with Crippen molar-refractivity contribution in [3.05, 3.63) is 17.8 Å². The maximum Gasteiger partial charge on any atom is 0.225 e. The first kappa shape index (κ1) is 8.44. The molecule has 0 spiro atoms. The van der Waals surface area contributed by atoms with Gasteiger partial charge in [0.15, 0.2) is 0 Å². The topological polar surface area (TPSA) is 35.0 Å². The van der Waals surface area contributed by atoms with E-state index in [1.807, 2.05) is 25.3 Å². The molecule has 0 aromatic carbocycles. The SMILES string of the molecule is CC(C)Oc1ncnc2sccc12. The summed E-state index contributed by atoms with van der Waals surface area (Å²) in [4.78, 5) is 9.21. The Bertz CT molecular complexity index is 411. The van der Waals surface area contributed by atoms with Gasteiger partial charge in [-0.15, -0.1) is 11.3 Å². The van der Waals surface area contributed by atoms with Gasteiger partial charge in [-0.05, 0) is 25.3 Å². The van der Waals surface area contributed by atoms with Crippen molar-refractivity contribution in [2.24, 2.45) is 0 Å². The van der Waals surface area contributed by atoms with Crippen LogP contribution in [0.3, 0.4) is 0 Å². The van der Waals surface area contributed by atoms with Gasteiger partial charge in [0.05, 0.1) is 11.5 Å². The minimum atomic E-state index is 0.151. The Kier molecular flexibility index (Phi) is 2.14. The van der Waals surface area contributed by atoms with E-state index in [4.69, 9.17) is 4.74 Å². The largest absolute Gasteiger partial charge is 0.474 e. The second-order valence-corrected chi connectivity index (χ2v) is 3.88. The average Bonchev–Trinajstić information content (AvgIpc) is 2.51. The molecule has 0 bridgehead atoms. The monoisotopic (exact) mass is 194 g/mol. The van der Waals surface area contributed by atoms with Gasteiger partial charge >= 0.3 is 0 Å². The normalized spacial score (nSPS) is 11.0. The molecule has 0 amide bonds. The van der Waals surface area contributed by atoms with Crippen LogP contribution >= 0.6 is 11.3 Å². The molecule has 0 N–H and O–H groups in total. The third kappa shape index (κ3) is 1.62. The summed E-state index contributed by atoms with van der Waals surface area (Å²) in [6, 6.07) is 1.98. The second kappa shape index (κ2) is 3.30. The first-order valence-corrected chi connectivity index (χ1v) is 5.00. The predicted octanol–water partition coefficient (Wildman–Crippen LogP) is 2.48. The van der Waals surface area contributed by atoms with Crippen LogP contribution in [0.1, 0.15) is 13.8 Å². The maximum atomic E-state index is 5.54. The molecule has 0 saturated carbocycles. The highest BCUT2D eigenvalue weighted by molar-refractivity contribution is 7.16. The number of thiophene rings is 1. The summed E-state index contributed by atoms with van der Waals surface area (Å²) < 4.78 is 5.54. The Hall–Kier alpha value is -1.16. The second-order valence-electron chi connectivity index (χ2n) is 2.98. The summed E-state index contributed by atoms with van der Waals surface area (Å²) in [6.45, 7) is 3.97. The first-order chi connectivity index (χ1) is 6.27. The predicted molar refractivity (Wildman–Crippen MR) is 53.2 cm³/mol. The van der Waals surface area contributed by atoms with Crippen LogP contribution in [0.15, 0.2) is 17.8 Å². The number of ether oxygens (including phenoxy) is 1. The number of hydrogen-bond acceptors (Lipinski definition) is 4. The Morgan fingerprint density at radius 3 is 3.00 bits per heavy atom. The summed E-state index contributed by atoms with van der Waals surface area (Å²) in [5.74, 6) is 0.682. The van der Waals surface area contributed by atoms with Crippen molar-refractivity contribution in [3.63, 3.8) is 0 Å². The molecule has 4 heteroatoms. The van der Waals surface area contributed by atoms with E-state index in [-0.39, 0.29) is 6.10 Å². The molecule has 2 rings (SSSR count). The van der Waals surface area contributed by atoms with Crippen LogP contribution in [0.5, 0.6) is 5.88 Å². The quantitative estimate of drug-likeness (QED) is 0.736. The van der Waals surface area contributed by atoms with Gasteiger partial charge in [0.1, 0.15) is 11.2 Å². The van der Waals surface area contributed by atoms with E-state index in [1.165, 1.54) is 6.33 Å². The van der Waals surface area contributed by atoms with Crippen LogP contribution in [0.25, 0.3) is 10.2 Å². The van der Waals surface area contributed by atoms with Crippen molar-refractivity contribution in [1.82, 2.24) is 9.97 Å². The van der Waals surface area contributed by atoms with Gasteiger partial charge in [-0.2, -0.15) is 0 Å². The zero-order valence-corrected chi connectivity index (χ0v) is 8.34. The van der Waals surface area contributed by atoms with Crippen molar-refractivity contribution in [2.45, 2.75) is 20.0 Å². The maximum absolute atomic E-state index is 5.54. The minimum absolute atomic E-state index is 0.151. The van der Waals surface area contributed by atoms with Crippen LogP contribution in [0.4, 0.5) is 0 Å². The molecule has 2 aromatic heterocycles. The van der Waals surface area contributed by atoms with E-state index >= 15 is 0 Å². The molecular weight excluding hydrogens is 184 g/mol. The van der Waals surface area contributed by atoms with Gasteiger partial charge in [-0.3, -0.25) is 0 Å². The van der Waals surface area contributed by atoms with Crippen LogP contribution in [0, 0.1) is 0 Å². The van der Waals surface area contributed by atoms with Crippen molar-refractivity contribution in [3.8, 4) is 5.88 Å². The van der Waals surface area contributed by atoms with E-state index in [2.05, 4.69) is 9.97 Å². The molecule has 68 valence electrons. The zero-order valence-electron chi connectivity index (χ0n) is 7.52. The molecule has 0 saturated heterocycles. The summed E-state index contributed by atoms with van der Waals surface area (Å²) in [6.07, 6.45) is 1.69. The molecule has 0 aliphatic heterocycles. The highest BCUT2D eigenvalue weighted by Gasteiger charge is 2.06. The number of hydrogen-bond donors (Lipinski definition) is 0. The number of fused-ring (bicyclic) bond motifs is 1. The van der Waals surface area contributed by atoms with Gasteiger partial charge in [-0.25, -0.2) is 9.97 Å². The fourth-order valence-corrected chi connectivity index (χ4v) is 1.81. The zero-order chi connectivity index (χ0) is 9.26. The molecule has 13 heavy (non-hydrogen) atoms. The third-order valence-electron chi connectivity index (χ3n) is 1.57. The highest BCUT2D eigenvalue weighted by atomic mass is 32.1. The van der Waals surface area contributed by atoms with Crippen molar-refractivity contribution in [1.29, 1.82) is 0 Å². The van der Waals surface area contributed by atoms with Gasteiger partial charge < -0.3 is 4.74 Å². The standard InChI is InChI=1S/C9H10N2OS/c1-6(2)12-8-7-3-4-13-9(7)11-5-10-8/h3-6H,1-2H3. The van der Waals surface area contributed by atoms with Crippen LogP contribution in [-0.2, 0) is 0 Å². The summed E-state index contributed by atoms with van der Waals surface area (Å²) in [5.41, 5.74) is 0. The first-order valence-electron chi connectivity index (χ1n) is 4.12. The summed E-state index contributed by atoms with van der Waals surface area (Å²) >= 11 is 1.60. The summed E-state index contributed by atoms with van der Waals surface area (Å²) in [7, 11) is 0. The molecule has 0 unspecified atom stereocenters. The van der Waals surface area contributed by atoms with Crippen molar-refractivity contribution < 1.29 is 4.74 Å². The van der Waals surface area contributed by atoms with Gasteiger partial charge in [0.2, 0.25) is 5.88 Å². The van der Waals surface area contributed by atoms with Gasteiger partial charge in [0.25, 0.3) is 0 Å². The van der Waals surface area contributed by atoms with E-state index in [1.54, 1.807) is 11.3 Å². The van der Waals surface area contributed by atoms with Crippen molar-refractivity contribution >= 4 is 21.6 Å². The highest BCUT2D eigenvalue weighted by Crippen LogP contribution is 2.25. The number of aromatic nitrogens is 2. The molecule has 2 heterocycles. The summed E-state index contributed by atoms with van der Waals surface area (Å²) in [5, 5.41) is 2.99. The molecular formula is C9H10N2OS. The van der Waals surface area contributed by atoms with E-state index in [9.17, 15) is 0 Å². The molecule has 3 nitrogen and oxygen atoms in total. The molecule has 2 aromatic rings. The number of nitrogens with zero attached hydrogens (tertiary/aromatic N) is 2. The van der Waals surface area contributed by atoms with Crippen LogP contribution < -0.4 is 4.74 Å². The lowest BCUT2D eigenvalue weighted by atomic mass is 10.4. The Morgan fingerprint density at radius 2 is 2.23 bits per heavy atom. The molecule has 0 aliphatic carbocycles. The van der Waals surface area contributed by atoms with Gasteiger partial charge in [-0.1, -0.05) is 0 Å². The lowest BCUT2D eigenvalue weighted by molar-refractivity contribution is 0.236. The Morgan fingerprint density at radius 1 is 1.38 bits per heavy atom. The lowest BCUT2D eigenvalue weighted by Crippen LogP contribution is -2.07. The Balaban J connectivity index is 2.48. The smallest absolute Gasteiger partial charge is 0.225 e. The van der Waals surface area contributed by atoms with E-state index < -0.39 is 0 Å². The van der Waals surface area contributed by atoms with Crippen molar-refractivity contribution in [2.75, 3.05) is 0 Å². The van der Waals surface area contributed by atoms with Crippen LogP contribution in [0.2, 0.25) is 0 Å². The molecule has 0 radical (unpaired) electrons. The van der Waals surface area contributed by atoms with Crippen LogP contribution in [-0.4, -0.2) is 16.1 Å². The molecule has 0 atom stereocenters. The third-order valence-corrected chi connectivity index (χ3v) is 2.39. The Labute approximate surface area is 80.4 Å². The van der Waals surface area contributed by atoms with E-state index in [0.29, 0.717) is 5.88 Å². The fourth-order valence-electron chi connectivity index (χ4n) is 1.08. The lowest BCUT2D eigenvalue weighted by Gasteiger charge is -2.08. The molecule has 0 aliphatic rings. The van der Waals surface area contributed by atoms with E-state index in [0.717, 1.165) is 10.2 Å².